The molecule has 0 atom stereocenters. The number of fused-ring (bicyclic) bond motifs is 1. The number of nitrogens with one attached hydrogen (secondary N) is 1. The molecule has 1 N–H and O–H groups in total. The van der Waals surface area contributed by atoms with Crippen molar-refractivity contribution in [2.45, 2.75) is 0 Å². The van der Waals surface area contributed by atoms with Gasteiger partial charge in [-0.1, -0.05) is 15.9 Å². The number of benzene rings is 2. The van der Waals surface area contributed by atoms with Gasteiger partial charge in [0.25, 0.3) is 0 Å². The van der Waals surface area contributed by atoms with Crippen molar-refractivity contribution < 1.29 is 18.3 Å². The Bertz CT molecular complexity index is 949. The van der Waals surface area contributed by atoms with Crippen LogP contribution < -0.4 is 14.8 Å². The van der Waals surface area contributed by atoms with Crippen LogP contribution in [-0.2, 0) is 0 Å². The van der Waals surface area contributed by atoms with Gasteiger partial charge in [0.15, 0.2) is 23.1 Å². The Morgan fingerprint density at radius 2 is 1.60 bits per heavy atom. The summed E-state index contributed by atoms with van der Waals surface area (Å²) in [5.74, 6) is -0.570. The fourth-order valence-corrected chi connectivity index (χ4v) is 2.88. The molecule has 0 unspecified atom stereocenters. The molecule has 1 heterocycles. The summed E-state index contributed by atoms with van der Waals surface area (Å²) < 4.78 is 39.0. The van der Waals surface area contributed by atoms with Crippen LogP contribution in [0.15, 0.2) is 28.7 Å². The summed E-state index contributed by atoms with van der Waals surface area (Å²) in [6, 6.07) is 5.47. The highest BCUT2D eigenvalue weighted by Crippen LogP contribution is 2.36. The molecule has 5 nitrogen and oxygen atoms in total. The molecule has 0 saturated carbocycles. The van der Waals surface area contributed by atoms with Crippen molar-refractivity contribution in [2.75, 3.05) is 19.5 Å². The quantitative estimate of drug-likeness (QED) is 0.585. The highest BCUT2D eigenvalue weighted by Gasteiger charge is 2.16. The second-order valence-electron chi connectivity index (χ2n) is 4.94. The monoisotopic (exact) mass is 429 g/mol. The SMILES string of the molecule is COc1cc2nc(Cl)nc(Nc3c(F)cc(Br)cc3F)c2cc1OC. The molecule has 0 amide bonds. The predicted molar refractivity (Wildman–Crippen MR) is 95.0 cm³/mol. The number of halogens is 4. The van der Waals surface area contributed by atoms with Crippen molar-refractivity contribution in [3.05, 3.63) is 45.7 Å². The molecule has 130 valence electrons. The van der Waals surface area contributed by atoms with E-state index in [0.29, 0.717) is 22.4 Å². The van der Waals surface area contributed by atoms with Crippen LogP contribution in [0.2, 0.25) is 5.28 Å². The Kier molecular flexibility index (Phi) is 4.91. The molecule has 25 heavy (non-hydrogen) atoms. The van der Waals surface area contributed by atoms with Gasteiger partial charge in [0.2, 0.25) is 5.28 Å². The van der Waals surface area contributed by atoms with E-state index in [1.807, 2.05) is 0 Å². The van der Waals surface area contributed by atoms with Crippen LogP contribution in [0.25, 0.3) is 10.9 Å². The lowest BCUT2D eigenvalue weighted by atomic mass is 10.2. The zero-order valence-corrected chi connectivity index (χ0v) is 15.4. The summed E-state index contributed by atoms with van der Waals surface area (Å²) in [7, 11) is 2.96. The highest BCUT2D eigenvalue weighted by molar-refractivity contribution is 9.10. The van der Waals surface area contributed by atoms with E-state index in [1.165, 1.54) is 14.2 Å². The maximum absolute atomic E-state index is 14.1. The summed E-state index contributed by atoms with van der Waals surface area (Å²) in [5.41, 5.74) is 0.0760. The first-order valence-corrected chi connectivity index (χ1v) is 8.11. The molecule has 0 radical (unpaired) electrons. The smallest absolute Gasteiger partial charge is 0.224 e. The standard InChI is InChI=1S/C16H11BrClF2N3O2/c1-24-12-5-8-11(6-13(12)25-2)21-16(18)23-15(8)22-14-9(19)3-7(17)4-10(14)20/h3-6H,1-2H3,(H,21,22,23). The Morgan fingerprint density at radius 3 is 2.20 bits per heavy atom. The predicted octanol–water partition coefficient (Wildman–Crippen LogP) is 5.08. The van der Waals surface area contributed by atoms with Crippen molar-refractivity contribution in [2.24, 2.45) is 0 Å². The zero-order chi connectivity index (χ0) is 18.1. The maximum atomic E-state index is 14.1. The van der Waals surface area contributed by atoms with Gasteiger partial charge in [0.05, 0.1) is 19.7 Å². The first-order chi connectivity index (χ1) is 11.9. The molecule has 3 aromatic rings. The summed E-state index contributed by atoms with van der Waals surface area (Å²) in [6.07, 6.45) is 0. The van der Waals surface area contributed by atoms with Crippen LogP contribution in [0.1, 0.15) is 0 Å². The van der Waals surface area contributed by atoms with E-state index in [2.05, 4.69) is 31.2 Å². The lowest BCUT2D eigenvalue weighted by Gasteiger charge is -2.13. The minimum Gasteiger partial charge on any atom is -0.493 e. The molecule has 0 aliphatic carbocycles. The number of rotatable bonds is 4. The van der Waals surface area contributed by atoms with Crippen molar-refractivity contribution in [3.63, 3.8) is 0 Å². The van der Waals surface area contributed by atoms with Gasteiger partial charge >= 0.3 is 0 Å². The van der Waals surface area contributed by atoms with Crippen LogP contribution in [0, 0.1) is 11.6 Å². The Morgan fingerprint density at radius 1 is 1.00 bits per heavy atom. The van der Waals surface area contributed by atoms with Crippen LogP contribution in [-0.4, -0.2) is 24.2 Å². The lowest BCUT2D eigenvalue weighted by molar-refractivity contribution is 0.356. The van der Waals surface area contributed by atoms with Gasteiger partial charge in [-0.05, 0) is 29.8 Å². The molecule has 0 saturated heterocycles. The van der Waals surface area contributed by atoms with Gasteiger partial charge in [0.1, 0.15) is 11.5 Å². The average molecular weight is 431 g/mol. The highest BCUT2D eigenvalue weighted by atomic mass is 79.9. The van der Waals surface area contributed by atoms with E-state index in [9.17, 15) is 8.78 Å². The Labute approximate surface area is 155 Å². The first kappa shape index (κ1) is 17.6. The summed E-state index contributed by atoms with van der Waals surface area (Å²) >= 11 is 8.97. The molecule has 0 spiro atoms. The topological polar surface area (TPSA) is 56.3 Å². The third-order valence-electron chi connectivity index (χ3n) is 3.42. The molecular formula is C16H11BrClF2N3O2. The molecule has 0 fully saturated rings. The van der Waals surface area contributed by atoms with Crippen LogP contribution in [0.5, 0.6) is 11.5 Å². The average Bonchev–Trinajstić information content (AvgIpc) is 2.56. The van der Waals surface area contributed by atoms with Gasteiger partial charge in [-0.25, -0.2) is 13.8 Å². The zero-order valence-electron chi connectivity index (χ0n) is 13.0. The Hall–Kier alpha value is -2.19. The van der Waals surface area contributed by atoms with Gasteiger partial charge in [-0.2, -0.15) is 4.98 Å². The number of nitrogens with zero attached hydrogens (tertiary/aromatic N) is 2. The number of methoxy groups -OCH3 is 2. The largest absolute Gasteiger partial charge is 0.493 e. The second kappa shape index (κ2) is 6.97. The van der Waals surface area contributed by atoms with Crippen molar-refractivity contribution in [1.82, 2.24) is 9.97 Å². The van der Waals surface area contributed by atoms with E-state index in [0.717, 1.165) is 12.1 Å². The van der Waals surface area contributed by atoms with Crippen molar-refractivity contribution in [3.8, 4) is 11.5 Å². The summed E-state index contributed by atoms with van der Waals surface area (Å²) in [4.78, 5) is 8.14. The summed E-state index contributed by atoms with van der Waals surface area (Å²) in [6.45, 7) is 0. The van der Waals surface area contributed by atoms with Gasteiger partial charge in [0, 0.05) is 15.9 Å². The number of aromatic nitrogens is 2. The third kappa shape index (κ3) is 3.45. The van der Waals surface area contributed by atoms with Crippen LogP contribution in [0.3, 0.4) is 0 Å². The number of anilines is 2. The summed E-state index contributed by atoms with van der Waals surface area (Å²) in [5, 5.41) is 3.02. The number of ether oxygens (including phenoxy) is 2. The molecule has 0 aliphatic rings. The van der Waals surface area contributed by atoms with Gasteiger partial charge < -0.3 is 14.8 Å². The molecule has 0 aliphatic heterocycles. The van der Waals surface area contributed by atoms with Crippen LogP contribution in [0.4, 0.5) is 20.3 Å². The first-order valence-electron chi connectivity index (χ1n) is 6.93. The third-order valence-corrected chi connectivity index (χ3v) is 4.05. The van der Waals surface area contributed by atoms with Crippen molar-refractivity contribution >= 4 is 49.9 Å². The minimum atomic E-state index is -0.782. The molecular weight excluding hydrogens is 420 g/mol. The van der Waals surface area contributed by atoms with E-state index >= 15 is 0 Å². The van der Waals surface area contributed by atoms with E-state index in [1.54, 1.807) is 12.1 Å². The van der Waals surface area contributed by atoms with E-state index in [4.69, 9.17) is 21.1 Å². The van der Waals surface area contributed by atoms with Gasteiger partial charge in [-0.3, -0.25) is 0 Å². The minimum absolute atomic E-state index is 0.0832. The molecule has 9 heteroatoms. The molecule has 2 aromatic carbocycles. The number of hydrogen-bond acceptors (Lipinski definition) is 5. The fourth-order valence-electron chi connectivity index (χ4n) is 2.30. The van der Waals surface area contributed by atoms with E-state index in [-0.39, 0.29) is 21.3 Å². The maximum Gasteiger partial charge on any atom is 0.224 e. The second-order valence-corrected chi connectivity index (χ2v) is 6.19. The van der Waals surface area contributed by atoms with Gasteiger partial charge in [-0.15, -0.1) is 0 Å². The van der Waals surface area contributed by atoms with Crippen LogP contribution >= 0.6 is 27.5 Å². The normalized spacial score (nSPS) is 10.8. The molecule has 0 bridgehead atoms. The number of hydrogen-bond donors (Lipinski definition) is 1. The molecule has 3 rings (SSSR count). The van der Waals surface area contributed by atoms with E-state index < -0.39 is 11.6 Å². The fraction of sp³-hybridized carbons (Fsp3) is 0.125. The molecule has 1 aromatic heterocycles. The van der Waals surface area contributed by atoms with Crippen molar-refractivity contribution in [1.29, 1.82) is 0 Å². The lowest BCUT2D eigenvalue weighted by Crippen LogP contribution is -2.02. The Balaban J connectivity index is 2.19.